The van der Waals surface area contributed by atoms with Gasteiger partial charge in [0.15, 0.2) is 12.2 Å². The molecule has 6 atom stereocenters. The Balaban J connectivity index is 5.10. The lowest BCUT2D eigenvalue weighted by atomic mass is 10.00. The van der Waals surface area contributed by atoms with Gasteiger partial charge in [0.05, 0.1) is 26.4 Å². The minimum absolute atomic E-state index is 0.102. The summed E-state index contributed by atoms with van der Waals surface area (Å²) in [4.78, 5) is 72.3. The standard InChI is InChI=1S/C70H136O17P2/c1-7-10-12-14-16-17-18-19-20-21-22-23-24-25-26-27-28-29-30-34-42-48-54-69(74)86-65(59-81-68(73)53-47-41-35-31-33-38-44-50-62(4)5)60-84-88(76,77)82-56-64(71)57-83-89(78,79)85-61-66(58-80-67(72)52-46-40-32-15-13-11-8-2)87-70(75)55-49-43-37-36-39-45-51-63(6)9-3/h62-66,71H,7-61H2,1-6H3,(H,76,77)(H,78,79)/t63?,64-,65-,66-/m1/s1. The van der Waals surface area contributed by atoms with Gasteiger partial charge in [0.25, 0.3) is 0 Å². The van der Waals surface area contributed by atoms with Crippen LogP contribution in [-0.2, 0) is 65.4 Å². The number of hydrogen-bond donors (Lipinski definition) is 3. The molecule has 3 unspecified atom stereocenters. The Morgan fingerprint density at radius 3 is 0.854 bits per heavy atom. The number of esters is 4. The first kappa shape index (κ1) is 87.1. The summed E-state index contributed by atoms with van der Waals surface area (Å²) in [7, 11) is -9.89. The van der Waals surface area contributed by atoms with Crippen molar-refractivity contribution in [3.8, 4) is 0 Å². The molecule has 0 aliphatic rings. The molecule has 0 aliphatic heterocycles. The third kappa shape index (κ3) is 63.2. The lowest BCUT2D eigenvalue weighted by molar-refractivity contribution is -0.161. The molecule has 0 heterocycles. The van der Waals surface area contributed by atoms with Crippen molar-refractivity contribution in [3.63, 3.8) is 0 Å². The molecule has 0 fully saturated rings. The molecule has 0 aromatic rings. The summed E-state index contributed by atoms with van der Waals surface area (Å²) in [6.07, 6.45) is 47.8. The zero-order chi connectivity index (χ0) is 65.7. The van der Waals surface area contributed by atoms with Crippen molar-refractivity contribution in [2.45, 2.75) is 374 Å². The van der Waals surface area contributed by atoms with Crippen LogP contribution >= 0.6 is 15.6 Å². The van der Waals surface area contributed by atoms with Crippen molar-refractivity contribution in [1.82, 2.24) is 0 Å². The van der Waals surface area contributed by atoms with Gasteiger partial charge in [0, 0.05) is 25.7 Å². The minimum atomic E-state index is -4.95. The minimum Gasteiger partial charge on any atom is -0.462 e. The summed E-state index contributed by atoms with van der Waals surface area (Å²) >= 11 is 0. The summed E-state index contributed by atoms with van der Waals surface area (Å²) in [5.74, 6) is -0.710. The van der Waals surface area contributed by atoms with E-state index in [9.17, 15) is 43.2 Å². The van der Waals surface area contributed by atoms with Crippen LogP contribution < -0.4 is 0 Å². The van der Waals surface area contributed by atoms with Gasteiger partial charge in [0.2, 0.25) is 0 Å². The maximum absolute atomic E-state index is 13.0. The number of aliphatic hydroxyl groups excluding tert-OH is 1. The van der Waals surface area contributed by atoms with E-state index in [2.05, 4.69) is 41.5 Å². The molecular formula is C70H136O17P2. The molecule has 0 amide bonds. The molecule has 17 nitrogen and oxygen atoms in total. The van der Waals surface area contributed by atoms with Gasteiger partial charge in [0.1, 0.15) is 19.3 Å². The second-order valence-electron chi connectivity index (χ2n) is 26.0. The van der Waals surface area contributed by atoms with Gasteiger partial charge in [-0.05, 0) is 37.5 Å². The monoisotopic (exact) mass is 1310 g/mol. The SMILES string of the molecule is CCCCCCCCCCCCCCCCCCCCCCCCC(=O)O[C@H](COC(=O)CCCCCCCCCC(C)C)COP(=O)(O)OC[C@@H](O)COP(=O)(O)OC[C@@H](COC(=O)CCCCCCCCC)OC(=O)CCCCCCCCC(C)CC. The highest BCUT2D eigenvalue weighted by atomic mass is 31.2. The molecular weight excluding hydrogens is 1170 g/mol. The van der Waals surface area contributed by atoms with E-state index in [1.165, 1.54) is 154 Å². The molecule has 0 saturated heterocycles. The molecule has 89 heavy (non-hydrogen) atoms. The Morgan fingerprint density at radius 2 is 0.573 bits per heavy atom. The van der Waals surface area contributed by atoms with Crippen LogP contribution in [-0.4, -0.2) is 96.7 Å². The average Bonchev–Trinajstić information content (AvgIpc) is 3.72. The van der Waals surface area contributed by atoms with Crippen LogP contribution in [0.5, 0.6) is 0 Å². The molecule has 0 rings (SSSR count). The maximum atomic E-state index is 13.0. The lowest BCUT2D eigenvalue weighted by Crippen LogP contribution is -2.30. The fourth-order valence-electron chi connectivity index (χ4n) is 10.6. The van der Waals surface area contributed by atoms with Crippen LogP contribution in [0.15, 0.2) is 0 Å². The van der Waals surface area contributed by atoms with E-state index in [0.717, 1.165) is 115 Å². The molecule has 0 spiro atoms. The number of ether oxygens (including phenoxy) is 4. The van der Waals surface area contributed by atoms with Crippen molar-refractivity contribution in [3.05, 3.63) is 0 Å². The first-order valence-electron chi connectivity index (χ1n) is 36.5. The smallest absolute Gasteiger partial charge is 0.462 e. The molecule has 0 bridgehead atoms. The third-order valence-electron chi connectivity index (χ3n) is 16.6. The highest BCUT2D eigenvalue weighted by molar-refractivity contribution is 7.47. The summed E-state index contributed by atoms with van der Waals surface area (Å²) in [6.45, 7) is 9.39. The first-order valence-corrected chi connectivity index (χ1v) is 39.5. The Labute approximate surface area is 543 Å². The molecule has 19 heteroatoms. The number of hydrogen-bond acceptors (Lipinski definition) is 15. The Bertz CT molecular complexity index is 1740. The van der Waals surface area contributed by atoms with Crippen LogP contribution in [0.1, 0.15) is 356 Å². The molecule has 0 saturated carbocycles. The maximum Gasteiger partial charge on any atom is 0.472 e. The van der Waals surface area contributed by atoms with Crippen LogP contribution in [0.4, 0.5) is 0 Å². The van der Waals surface area contributed by atoms with Crippen LogP contribution in [0, 0.1) is 11.8 Å². The van der Waals surface area contributed by atoms with E-state index in [0.29, 0.717) is 31.6 Å². The van der Waals surface area contributed by atoms with Gasteiger partial charge in [-0.2, -0.15) is 0 Å². The average molecular weight is 1310 g/mol. The highest BCUT2D eigenvalue weighted by Crippen LogP contribution is 2.45. The van der Waals surface area contributed by atoms with Gasteiger partial charge in [-0.3, -0.25) is 37.3 Å². The van der Waals surface area contributed by atoms with E-state index in [-0.39, 0.29) is 25.7 Å². The molecule has 0 aliphatic carbocycles. The van der Waals surface area contributed by atoms with Crippen LogP contribution in [0.3, 0.4) is 0 Å². The van der Waals surface area contributed by atoms with E-state index >= 15 is 0 Å². The number of carbonyl (C=O) groups excluding carboxylic acids is 4. The summed E-state index contributed by atoms with van der Waals surface area (Å²) in [5, 5.41) is 10.6. The summed E-state index contributed by atoms with van der Waals surface area (Å²) < 4.78 is 68.1. The van der Waals surface area contributed by atoms with Crippen LogP contribution in [0.25, 0.3) is 0 Å². The Morgan fingerprint density at radius 1 is 0.326 bits per heavy atom. The predicted octanol–water partition coefficient (Wildman–Crippen LogP) is 20.0. The van der Waals surface area contributed by atoms with E-state index in [1.807, 2.05) is 0 Å². The van der Waals surface area contributed by atoms with E-state index in [1.54, 1.807) is 0 Å². The molecule has 528 valence electrons. The number of phosphoric ester groups is 2. The molecule has 0 aromatic heterocycles. The van der Waals surface area contributed by atoms with Crippen molar-refractivity contribution in [2.24, 2.45) is 11.8 Å². The number of carbonyl (C=O) groups is 4. The van der Waals surface area contributed by atoms with Gasteiger partial charge in [-0.25, -0.2) is 9.13 Å². The number of unbranched alkanes of at least 4 members (excludes halogenated alkanes) is 38. The number of phosphoric acid groups is 2. The highest BCUT2D eigenvalue weighted by Gasteiger charge is 2.30. The van der Waals surface area contributed by atoms with Crippen molar-refractivity contribution >= 4 is 39.5 Å². The van der Waals surface area contributed by atoms with E-state index in [4.69, 9.17) is 37.0 Å². The normalized spacial score (nSPS) is 14.4. The quantitative estimate of drug-likeness (QED) is 0.0222. The molecule has 3 N–H and O–H groups in total. The topological polar surface area (TPSA) is 237 Å². The van der Waals surface area contributed by atoms with Crippen molar-refractivity contribution in [2.75, 3.05) is 39.6 Å². The third-order valence-corrected chi connectivity index (χ3v) is 18.5. The Hall–Kier alpha value is -1.94. The van der Waals surface area contributed by atoms with Crippen LogP contribution in [0.2, 0.25) is 0 Å². The largest absolute Gasteiger partial charge is 0.472 e. The number of rotatable bonds is 69. The fraction of sp³-hybridized carbons (Fsp3) is 0.943. The zero-order valence-electron chi connectivity index (χ0n) is 57.7. The summed E-state index contributed by atoms with van der Waals surface area (Å²) in [5.41, 5.74) is 0. The fourth-order valence-corrected chi connectivity index (χ4v) is 12.1. The van der Waals surface area contributed by atoms with E-state index < -0.39 is 97.5 Å². The molecule has 0 aromatic carbocycles. The second-order valence-corrected chi connectivity index (χ2v) is 28.9. The first-order chi connectivity index (χ1) is 42.9. The van der Waals surface area contributed by atoms with Gasteiger partial charge >= 0.3 is 39.5 Å². The second kappa shape index (κ2) is 62.2. The van der Waals surface area contributed by atoms with Gasteiger partial charge in [-0.15, -0.1) is 0 Å². The van der Waals surface area contributed by atoms with Gasteiger partial charge in [-0.1, -0.05) is 305 Å². The molecule has 0 radical (unpaired) electrons. The van der Waals surface area contributed by atoms with Gasteiger partial charge < -0.3 is 33.8 Å². The predicted molar refractivity (Wildman–Crippen MR) is 358 cm³/mol. The van der Waals surface area contributed by atoms with Crippen molar-refractivity contribution in [1.29, 1.82) is 0 Å². The number of aliphatic hydroxyl groups is 1. The summed E-state index contributed by atoms with van der Waals surface area (Å²) in [6, 6.07) is 0. The van der Waals surface area contributed by atoms with Crippen molar-refractivity contribution < 1.29 is 80.2 Å². The lowest BCUT2D eigenvalue weighted by Gasteiger charge is -2.21. The zero-order valence-corrected chi connectivity index (χ0v) is 59.5. The Kier molecular flexibility index (Phi) is 60.8.